The summed E-state index contributed by atoms with van der Waals surface area (Å²) in [6, 6.07) is 0. The predicted molar refractivity (Wildman–Crippen MR) is 144 cm³/mol. The molecule has 0 aromatic rings. The van der Waals surface area contributed by atoms with Gasteiger partial charge in [-0.05, 0) is 25.8 Å². The Morgan fingerprint density at radius 1 is 0.618 bits per heavy atom. The number of aliphatic hydroxyl groups excluding tert-OH is 3. The van der Waals surface area contributed by atoms with Gasteiger partial charge >= 0.3 is 0 Å². The van der Waals surface area contributed by atoms with Gasteiger partial charge in [-0.1, -0.05) is 129 Å². The predicted octanol–water partition coefficient (Wildman–Crippen LogP) is 6.45. The fourth-order valence-electron chi connectivity index (χ4n) is 4.73. The Bertz CT molecular complexity index is 432. The van der Waals surface area contributed by atoms with Crippen LogP contribution in [0.5, 0.6) is 0 Å². The minimum atomic E-state index is -1.06. The summed E-state index contributed by atoms with van der Waals surface area (Å²) < 4.78 is 0. The van der Waals surface area contributed by atoms with Crippen LogP contribution in [-0.4, -0.2) is 46.5 Å². The Kier molecular flexibility index (Phi) is 25.2. The highest BCUT2D eigenvalue weighted by atomic mass is 16.3. The summed E-state index contributed by atoms with van der Waals surface area (Å²) in [5, 5.41) is 30.3. The highest BCUT2D eigenvalue weighted by Gasteiger charge is 2.30. The van der Waals surface area contributed by atoms with Gasteiger partial charge in [0.15, 0.2) is 5.78 Å². The highest BCUT2D eigenvalue weighted by molar-refractivity contribution is 5.85. The minimum Gasteiger partial charge on any atom is -0.396 e. The molecule has 0 spiro atoms. The van der Waals surface area contributed by atoms with Crippen molar-refractivity contribution in [2.45, 2.75) is 160 Å². The van der Waals surface area contributed by atoms with E-state index in [0.29, 0.717) is 12.8 Å². The van der Waals surface area contributed by atoms with E-state index in [1.807, 2.05) is 0 Å². The molecule has 0 heterocycles. The first-order valence-electron chi connectivity index (χ1n) is 14.8. The molecule has 5 nitrogen and oxygen atoms in total. The quantitative estimate of drug-likeness (QED) is 0.100. The van der Waals surface area contributed by atoms with Gasteiger partial charge < -0.3 is 21.1 Å². The van der Waals surface area contributed by atoms with E-state index in [9.17, 15) is 20.1 Å². The second kappa shape index (κ2) is 25.6. The smallest absolute Gasteiger partial charge is 0.169 e. The Hall–Kier alpha value is -0.490. The number of ketones is 1. The van der Waals surface area contributed by atoms with Gasteiger partial charge in [-0.2, -0.15) is 0 Å². The molecule has 0 saturated heterocycles. The number of unbranched alkanes of at least 4 members (excludes halogenated alkanes) is 18. The first-order valence-corrected chi connectivity index (χ1v) is 14.8. The van der Waals surface area contributed by atoms with E-state index in [1.165, 1.54) is 83.5 Å². The summed E-state index contributed by atoms with van der Waals surface area (Å²) in [7, 11) is 0. The topological polar surface area (TPSA) is 104 Å². The molecule has 5 N–H and O–H groups in total. The van der Waals surface area contributed by atoms with Crippen LogP contribution >= 0.6 is 0 Å². The van der Waals surface area contributed by atoms with Gasteiger partial charge in [-0.3, -0.25) is 4.79 Å². The van der Waals surface area contributed by atoms with Crippen LogP contribution < -0.4 is 5.73 Å². The second-order valence-electron chi connectivity index (χ2n) is 10.4. The summed E-state index contributed by atoms with van der Waals surface area (Å²) in [6.45, 7) is 2.63. The Balaban J connectivity index is 3.72. The molecule has 0 unspecified atom stereocenters. The van der Waals surface area contributed by atoms with E-state index in [-0.39, 0.29) is 12.4 Å². The molecule has 0 saturated carbocycles. The lowest BCUT2D eigenvalue weighted by atomic mass is 9.89. The summed E-state index contributed by atoms with van der Waals surface area (Å²) in [6.07, 6.45) is 23.0. The van der Waals surface area contributed by atoms with Crippen molar-refractivity contribution in [3.8, 4) is 0 Å². The van der Waals surface area contributed by atoms with Crippen LogP contribution in [0.3, 0.4) is 0 Å². The molecule has 0 aliphatic heterocycles. The van der Waals surface area contributed by atoms with E-state index < -0.39 is 18.1 Å². The van der Waals surface area contributed by atoms with Gasteiger partial charge in [0.1, 0.15) is 6.10 Å². The molecule has 0 bridgehead atoms. The fraction of sp³-hybridized carbons (Fsp3) is 0.966. The van der Waals surface area contributed by atoms with Crippen molar-refractivity contribution in [1.82, 2.24) is 0 Å². The summed E-state index contributed by atoms with van der Waals surface area (Å²) >= 11 is 0. The van der Waals surface area contributed by atoms with Crippen LogP contribution in [0.1, 0.15) is 148 Å². The number of carbonyl (C=O) groups excluding carboxylic acids is 1. The van der Waals surface area contributed by atoms with Crippen LogP contribution in [0.4, 0.5) is 0 Å². The molecule has 34 heavy (non-hydrogen) atoms. The van der Waals surface area contributed by atoms with Crippen LogP contribution in [0.2, 0.25) is 0 Å². The molecule has 0 amide bonds. The monoisotopic (exact) mass is 485 g/mol. The van der Waals surface area contributed by atoms with E-state index in [4.69, 9.17) is 5.73 Å². The third-order valence-corrected chi connectivity index (χ3v) is 7.14. The van der Waals surface area contributed by atoms with Gasteiger partial charge in [0, 0.05) is 0 Å². The first-order chi connectivity index (χ1) is 16.6. The normalized spacial score (nSPS) is 14.3. The summed E-state index contributed by atoms with van der Waals surface area (Å²) in [5.41, 5.74) is 5.51. The van der Waals surface area contributed by atoms with Crippen LogP contribution in [0.15, 0.2) is 0 Å². The maximum absolute atomic E-state index is 12.5. The molecule has 5 heteroatoms. The molecule has 0 aliphatic carbocycles. The molecule has 3 atom stereocenters. The van der Waals surface area contributed by atoms with Gasteiger partial charge in [0.25, 0.3) is 0 Å². The fourth-order valence-corrected chi connectivity index (χ4v) is 4.73. The Morgan fingerprint density at radius 3 is 1.41 bits per heavy atom. The number of nitrogens with two attached hydrogens (primary N) is 1. The van der Waals surface area contributed by atoms with Crippen molar-refractivity contribution in [2.75, 3.05) is 13.2 Å². The van der Waals surface area contributed by atoms with Crippen LogP contribution in [-0.2, 0) is 4.79 Å². The number of Topliss-reactive ketones (excluding diaryl/α,β-unsaturated/α-hetero) is 1. The molecule has 0 fully saturated rings. The zero-order chi connectivity index (χ0) is 25.3. The van der Waals surface area contributed by atoms with Crippen molar-refractivity contribution < 1.29 is 20.1 Å². The van der Waals surface area contributed by atoms with E-state index in [2.05, 4.69) is 6.92 Å². The number of hydrogen-bond acceptors (Lipinski definition) is 5. The van der Waals surface area contributed by atoms with Gasteiger partial charge in [0.2, 0.25) is 0 Å². The van der Waals surface area contributed by atoms with E-state index in [1.54, 1.807) is 0 Å². The third kappa shape index (κ3) is 19.8. The molecule has 0 aromatic heterocycles. The maximum atomic E-state index is 12.5. The first kappa shape index (κ1) is 33.5. The lowest BCUT2D eigenvalue weighted by Crippen LogP contribution is -2.38. The van der Waals surface area contributed by atoms with Crippen molar-refractivity contribution in [1.29, 1.82) is 0 Å². The lowest BCUT2D eigenvalue weighted by Gasteiger charge is -2.22. The van der Waals surface area contributed by atoms with E-state index in [0.717, 1.165) is 51.5 Å². The van der Waals surface area contributed by atoms with Crippen molar-refractivity contribution in [3.05, 3.63) is 0 Å². The molecule has 0 aromatic carbocycles. The average Bonchev–Trinajstić information content (AvgIpc) is 2.83. The van der Waals surface area contributed by atoms with Crippen molar-refractivity contribution >= 4 is 5.78 Å². The lowest BCUT2D eigenvalue weighted by molar-refractivity contribution is -0.137. The zero-order valence-electron chi connectivity index (χ0n) is 22.5. The van der Waals surface area contributed by atoms with Gasteiger partial charge in [-0.15, -0.1) is 0 Å². The number of carbonyl (C=O) groups is 1. The highest BCUT2D eigenvalue weighted by Crippen LogP contribution is 2.19. The number of rotatable bonds is 27. The van der Waals surface area contributed by atoms with Gasteiger partial charge in [0.05, 0.1) is 18.6 Å². The summed E-state index contributed by atoms with van der Waals surface area (Å²) in [4.78, 5) is 12.5. The van der Waals surface area contributed by atoms with Crippen LogP contribution in [0.25, 0.3) is 0 Å². The zero-order valence-corrected chi connectivity index (χ0v) is 22.5. The molecule has 0 aliphatic rings. The molecular formula is C29H59NO4. The van der Waals surface area contributed by atoms with Crippen molar-refractivity contribution in [3.63, 3.8) is 0 Å². The largest absolute Gasteiger partial charge is 0.396 e. The molecule has 204 valence electrons. The van der Waals surface area contributed by atoms with Crippen LogP contribution in [0, 0.1) is 5.92 Å². The average molecular weight is 486 g/mol. The van der Waals surface area contributed by atoms with Crippen molar-refractivity contribution in [2.24, 2.45) is 11.7 Å². The number of aliphatic hydroxyl groups is 3. The van der Waals surface area contributed by atoms with E-state index >= 15 is 0 Å². The third-order valence-electron chi connectivity index (χ3n) is 7.14. The molecule has 0 radical (unpaired) electrons. The molecular weight excluding hydrogens is 426 g/mol. The number of hydrogen-bond donors (Lipinski definition) is 4. The Morgan fingerprint density at radius 2 is 1.00 bits per heavy atom. The second-order valence-corrected chi connectivity index (χ2v) is 10.4. The molecule has 0 rings (SSSR count). The minimum absolute atomic E-state index is 0.388. The SMILES string of the molecule is CCCCCCCCC[C@@H](O)C(=O)[C@@H](CO)[C@H](O)CCCCCCCCCCCCCCCN. The Labute approximate surface area is 211 Å². The summed E-state index contributed by atoms with van der Waals surface area (Å²) in [5.74, 6) is -1.24. The standard InChI is InChI=1S/C29H59NO4/c1-2-3-4-5-13-17-20-23-28(33)29(34)26(25-31)27(32)22-19-16-14-11-9-7-6-8-10-12-15-18-21-24-30/h26-28,31-33H,2-25,30H2,1H3/t26-,27+,28+/m0/s1. The maximum Gasteiger partial charge on any atom is 0.169 e. The van der Waals surface area contributed by atoms with Gasteiger partial charge in [-0.25, -0.2) is 0 Å².